The van der Waals surface area contributed by atoms with Crippen molar-refractivity contribution in [1.29, 1.82) is 0 Å². The van der Waals surface area contributed by atoms with Gasteiger partial charge in [0.2, 0.25) is 0 Å². The predicted molar refractivity (Wildman–Crippen MR) is 49.5 cm³/mol. The first-order valence-corrected chi connectivity index (χ1v) is 4.81. The van der Waals surface area contributed by atoms with Gasteiger partial charge < -0.3 is 4.55 Å². The van der Waals surface area contributed by atoms with Crippen molar-refractivity contribution >= 4 is 25.8 Å². The highest BCUT2D eigenvalue weighted by molar-refractivity contribution is 7.79. The summed E-state index contributed by atoms with van der Waals surface area (Å²) in [5, 5.41) is 0. The van der Waals surface area contributed by atoms with Gasteiger partial charge in [0, 0.05) is 5.56 Å². The summed E-state index contributed by atoms with van der Waals surface area (Å²) in [7, 11) is 1.97. The first-order chi connectivity index (χ1) is 5.63. The molecule has 0 radical (unpaired) electrons. The Kier molecular flexibility index (Phi) is 3.09. The van der Waals surface area contributed by atoms with Crippen molar-refractivity contribution in [2.75, 3.05) is 0 Å². The molecule has 0 spiro atoms. The maximum atomic E-state index is 10.9. The van der Waals surface area contributed by atoms with Crippen molar-refractivity contribution in [3.8, 4) is 0 Å². The number of carbonyl (C=O) groups excluding carboxylic acids is 1. The van der Waals surface area contributed by atoms with Gasteiger partial charge in [-0.05, 0) is 12.1 Å². The maximum absolute atomic E-state index is 10.9. The van der Waals surface area contributed by atoms with Gasteiger partial charge in [-0.15, -0.1) is 0 Å². The fourth-order valence-electron chi connectivity index (χ4n) is 0.822. The SMILES string of the molecule is O=C(P)c1ccccc1S(=O)O. The molecule has 3 nitrogen and oxygen atoms in total. The van der Waals surface area contributed by atoms with E-state index in [1.54, 1.807) is 12.1 Å². The molecule has 0 aliphatic heterocycles. The van der Waals surface area contributed by atoms with E-state index in [0.29, 0.717) is 0 Å². The fraction of sp³-hybridized carbons (Fsp3) is 0. The standard InChI is InChI=1S/C7H7O3PS/c8-7(11)5-3-1-2-4-6(5)12(9)10/h1-4H,11H2,(H,9,10). The van der Waals surface area contributed by atoms with Gasteiger partial charge in [0.05, 0.1) is 4.90 Å². The Hall–Kier alpha value is -0.570. The molecule has 0 fully saturated rings. The number of carbonyl (C=O) groups is 1. The Morgan fingerprint density at radius 3 is 2.42 bits per heavy atom. The fourth-order valence-corrected chi connectivity index (χ4v) is 1.73. The highest BCUT2D eigenvalue weighted by atomic mass is 32.2. The number of rotatable bonds is 2. The lowest BCUT2D eigenvalue weighted by molar-refractivity contribution is 0.108. The van der Waals surface area contributed by atoms with E-state index in [0.717, 1.165) is 0 Å². The van der Waals surface area contributed by atoms with E-state index in [9.17, 15) is 9.00 Å². The Labute approximate surface area is 74.7 Å². The van der Waals surface area contributed by atoms with Crippen LogP contribution >= 0.6 is 9.24 Å². The van der Waals surface area contributed by atoms with Crippen LogP contribution in [0, 0.1) is 0 Å². The summed E-state index contributed by atoms with van der Waals surface area (Å²) in [6, 6.07) is 6.22. The zero-order chi connectivity index (χ0) is 9.14. The third kappa shape index (κ3) is 1.97. The minimum Gasteiger partial charge on any atom is -0.302 e. The van der Waals surface area contributed by atoms with Crippen molar-refractivity contribution in [3.05, 3.63) is 29.8 Å². The van der Waals surface area contributed by atoms with E-state index in [4.69, 9.17) is 4.55 Å². The second kappa shape index (κ2) is 3.90. The molecule has 2 unspecified atom stereocenters. The van der Waals surface area contributed by atoms with E-state index in [1.807, 2.05) is 9.24 Å². The second-order valence-corrected chi connectivity index (χ2v) is 3.57. The highest BCUT2D eigenvalue weighted by Crippen LogP contribution is 2.15. The van der Waals surface area contributed by atoms with E-state index in [-0.39, 0.29) is 16.0 Å². The van der Waals surface area contributed by atoms with Gasteiger partial charge in [0.15, 0.2) is 16.6 Å². The van der Waals surface area contributed by atoms with Crippen molar-refractivity contribution in [3.63, 3.8) is 0 Å². The minimum atomic E-state index is -2.10. The monoisotopic (exact) mass is 202 g/mol. The zero-order valence-corrected chi connectivity index (χ0v) is 8.03. The van der Waals surface area contributed by atoms with Gasteiger partial charge in [0.1, 0.15) is 0 Å². The van der Waals surface area contributed by atoms with Gasteiger partial charge in [-0.3, -0.25) is 4.79 Å². The molecule has 0 amide bonds. The van der Waals surface area contributed by atoms with Gasteiger partial charge in [-0.2, -0.15) is 0 Å². The molecule has 1 aromatic carbocycles. The van der Waals surface area contributed by atoms with Crippen LogP contribution in [0.1, 0.15) is 10.4 Å². The highest BCUT2D eigenvalue weighted by Gasteiger charge is 2.09. The summed E-state index contributed by atoms with van der Waals surface area (Å²) >= 11 is -2.10. The summed E-state index contributed by atoms with van der Waals surface area (Å²) in [6.45, 7) is 0. The second-order valence-electron chi connectivity index (χ2n) is 2.11. The van der Waals surface area contributed by atoms with Crippen LogP contribution < -0.4 is 0 Å². The summed E-state index contributed by atoms with van der Waals surface area (Å²) in [5.74, 6) is 0. The molecule has 0 saturated carbocycles. The smallest absolute Gasteiger partial charge is 0.187 e. The van der Waals surface area contributed by atoms with Gasteiger partial charge >= 0.3 is 0 Å². The molecule has 64 valence electrons. The van der Waals surface area contributed by atoms with Crippen molar-refractivity contribution < 1.29 is 13.6 Å². The lowest BCUT2D eigenvalue weighted by Gasteiger charge is -2.00. The Bertz CT molecular complexity index is 304. The number of hydrogen-bond donors (Lipinski definition) is 1. The van der Waals surface area contributed by atoms with Crippen molar-refractivity contribution in [2.45, 2.75) is 4.90 Å². The molecule has 0 bridgehead atoms. The lowest BCUT2D eigenvalue weighted by Crippen LogP contribution is -1.98. The molecular weight excluding hydrogens is 195 g/mol. The Morgan fingerprint density at radius 1 is 1.42 bits per heavy atom. The predicted octanol–water partition coefficient (Wildman–Crippen LogP) is 1.28. The average molecular weight is 202 g/mol. The van der Waals surface area contributed by atoms with Gasteiger partial charge in [0.25, 0.3) is 0 Å². The molecule has 1 aromatic rings. The van der Waals surface area contributed by atoms with Crippen molar-refractivity contribution in [2.24, 2.45) is 0 Å². The molecule has 0 aliphatic rings. The summed E-state index contributed by atoms with van der Waals surface area (Å²) < 4.78 is 19.4. The lowest BCUT2D eigenvalue weighted by atomic mass is 10.2. The summed E-state index contributed by atoms with van der Waals surface area (Å²) in [6.07, 6.45) is 0. The van der Waals surface area contributed by atoms with Crippen LogP contribution in [0.25, 0.3) is 0 Å². The average Bonchev–Trinajstić information content (AvgIpc) is 2.04. The molecule has 0 aliphatic carbocycles. The van der Waals surface area contributed by atoms with E-state index in [2.05, 4.69) is 0 Å². The maximum Gasteiger partial charge on any atom is 0.187 e. The van der Waals surface area contributed by atoms with Gasteiger partial charge in [-0.25, -0.2) is 4.21 Å². The molecule has 1 rings (SSSR count). The number of hydrogen-bond acceptors (Lipinski definition) is 2. The summed E-state index contributed by atoms with van der Waals surface area (Å²) in [5.41, 5.74) is -0.0173. The van der Waals surface area contributed by atoms with E-state index < -0.39 is 11.1 Å². The van der Waals surface area contributed by atoms with Crippen LogP contribution in [-0.2, 0) is 11.1 Å². The third-order valence-electron chi connectivity index (χ3n) is 1.34. The normalized spacial score (nSPS) is 12.5. The van der Waals surface area contributed by atoms with Crippen LogP contribution in [0.5, 0.6) is 0 Å². The Morgan fingerprint density at radius 2 is 2.00 bits per heavy atom. The molecule has 2 atom stereocenters. The molecule has 0 saturated heterocycles. The van der Waals surface area contributed by atoms with Crippen LogP contribution in [-0.4, -0.2) is 14.3 Å². The van der Waals surface area contributed by atoms with Crippen LogP contribution in [0.15, 0.2) is 29.2 Å². The molecular formula is C7H7O3PS. The molecule has 12 heavy (non-hydrogen) atoms. The topological polar surface area (TPSA) is 54.4 Å². The van der Waals surface area contributed by atoms with Crippen molar-refractivity contribution in [1.82, 2.24) is 0 Å². The first-order valence-electron chi connectivity index (χ1n) is 3.12. The molecule has 0 aromatic heterocycles. The zero-order valence-electron chi connectivity index (χ0n) is 6.06. The third-order valence-corrected chi connectivity index (χ3v) is 2.38. The van der Waals surface area contributed by atoms with E-state index in [1.165, 1.54) is 12.1 Å². The quantitative estimate of drug-likeness (QED) is 0.580. The summed E-state index contributed by atoms with van der Waals surface area (Å²) in [4.78, 5) is 11.0. The molecule has 5 heteroatoms. The molecule has 1 N–H and O–H groups in total. The Balaban J connectivity index is 3.27. The van der Waals surface area contributed by atoms with Crippen LogP contribution in [0.4, 0.5) is 0 Å². The van der Waals surface area contributed by atoms with E-state index >= 15 is 0 Å². The van der Waals surface area contributed by atoms with Crippen LogP contribution in [0.2, 0.25) is 0 Å². The first kappa shape index (κ1) is 9.52. The minimum absolute atomic E-state index is 0.150. The largest absolute Gasteiger partial charge is 0.302 e. The van der Waals surface area contributed by atoms with Crippen LogP contribution in [0.3, 0.4) is 0 Å². The van der Waals surface area contributed by atoms with Gasteiger partial charge in [-0.1, -0.05) is 21.4 Å². The number of benzene rings is 1. The molecule has 0 heterocycles.